The lowest BCUT2D eigenvalue weighted by Gasteiger charge is -2.22. The third-order valence-electron chi connectivity index (χ3n) is 4.08. The van der Waals surface area contributed by atoms with Gasteiger partial charge in [-0.15, -0.1) is 0 Å². The Hall–Kier alpha value is -3.22. The molecule has 1 heterocycles. The minimum absolute atomic E-state index is 0.00891. The number of benzene rings is 2. The molecule has 1 aliphatic rings. The molecule has 1 atom stereocenters. The first-order valence-electron chi connectivity index (χ1n) is 7.66. The first kappa shape index (κ1) is 16.6. The van der Waals surface area contributed by atoms with Gasteiger partial charge in [0.1, 0.15) is 17.9 Å². The summed E-state index contributed by atoms with van der Waals surface area (Å²) in [6.07, 6.45) is 0. The van der Waals surface area contributed by atoms with E-state index in [-0.39, 0.29) is 5.69 Å². The first-order valence-corrected chi connectivity index (χ1v) is 7.66. The van der Waals surface area contributed by atoms with Crippen LogP contribution < -0.4 is 10.6 Å². The molecule has 0 radical (unpaired) electrons. The zero-order valence-corrected chi connectivity index (χ0v) is 13.5. The number of carbonyl (C=O) groups is 3. The average molecular weight is 341 g/mol. The molecule has 0 aliphatic carbocycles. The fourth-order valence-corrected chi connectivity index (χ4v) is 2.70. The number of hydrogen-bond donors (Lipinski definition) is 2. The molecule has 25 heavy (non-hydrogen) atoms. The SMILES string of the molecule is C[C@@]1(c2ccccc2)NC(=O)N(CC(=O)Nc2ccccc2F)C1=O. The number of nitrogens with one attached hydrogen (secondary N) is 2. The fraction of sp³-hybridized carbons (Fsp3) is 0.167. The van der Waals surface area contributed by atoms with Crippen molar-refractivity contribution >= 4 is 23.5 Å². The molecule has 4 amide bonds. The second-order valence-corrected chi connectivity index (χ2v) is 5.84. The van der Waals surface area contributed by atoms with Crippen molar-refractivity contribution < 1.29 is 18.8 Å². The Balaban J connectivity index is 1.75. The lowest BCUT2D eigenvalue weighted by Crippen LogP contribution is -2.42. The van der Waals surface area contributed by atoms with E-state index in [4.69, 9.17) is 0 Å². The molecule has 0 unspecified atom stereocenters. The van der Waals surface area contributed by atoms with Gasteiger partial charge < -0.3 is 10.6 Å². The van der Waals surface area contributed by atoms with Crippen molar-refractivity contribution in [1.29, 1.82) is 0 Å². The highest BCUT2D eigenvalue weighted by Gasteiger charge is 2.49. The number of para-hydroxylation sites is 1. The van der Waals surface area contributed by atoms with Crippen LogP contribution in [0.2, 0.25) is 0 Å². The van der Waals surface area contributed by atoms with Crippen LogP contribution in [-0.2, 0) is 15.1 Å². The molecule has 6 nitrogen and oxygen atoms in total. The van der Waals surface area contributed by atoms with E-state index >= 15 is 0 Å². The predicted molar refractivity (Wildman–Crippen MR) is 89.1 cm³/mol. The summed E-state index contributed by atoms with van der Waals surface area (Å²) in [5, 5.41) is 4.97. The minimum Gasteiger partial charge on any atom is -0.322 e. The Morgan fingerprint density at radius 2 is 1.76 bits per heavy atom. The number of hydrogen-bond acceptors (Lipinski definition) is 3. The Morgan fingerprint density at radius 3 is 2.44 bits per heavy atom. The molecule has 0 bridgehead atoms. The van der Waals surface area contributed by atoms with Crippen LogP contribution in [0.5, 0.6) is 0 Å². The van der Waals surface area contributed by atoms with Gasteiger partial charge in [0.25, 0.3) is 5.91 Å². The van der Waals surface area contributed by atoms with Gasteiger partial charge in [0.15, 0.2) is 0 Å². The molecule has 0 saturated carbocycles. The Kier molecular flexibility index (Phi) is 4.22. The largest absolute Gasteiger partial charge is 0.325 e. The van der Waals surface area contributed by atoms with Crippen LogP contribution >= 0.6 is 0 Å². The van der Waals surface area contributed by atoms with Crippen LogP contribution in [-0.4, -0.2) is 29.3 Å². The molecule has 2 aromatic rings. The molecular weight excluding hydrogens is 325 g/mol. The van der Waals surface area contributed by atoms with Gasteiger partial charge in [-0.25, -0.2) is 9.18 Å². The highest BCUT2D eigenvalue weighted by atomic mass is 19.1. The lowest BCUT2D eigenvalue weighted by molar-refractivity contribution is -0.133. The standard InChI is InChI=1S/C18H16FN3O3/c1-18(12-7-3-2-4-8-12)16(24)22(17(25)21-18)11-15(23)20-14-10-6-5-9-13(14)19/h2-10H,11H2,1H3,(H,20,23)(H,21,25)/t18-/m0/s1. The second-order valence-electron chi connectivity index (χ2n) is 5.84. The van der Waals surface area contributed by atoms with Gasteiger partial charge >= 0.3 is 6.03 Å². The molecule has 1 aliphatic heterocycles. The van der Waals surface area contributed by atoms with Crippen molar-refractivity contribution in [1.82, 2.24) is 10.2 Å². The number of urea groups is 1. The van der Waals surface area contributed by atoms with Crippen LogP contribution in [0.4, 0.5) is 14.9 Å². The first-order chi connectivity index (χ1) is 11.9. The van der Waals surface area contributed by atoms with Gasteiger partial charge in [-0.3, -0.25) is 14.5 Å². The normalized spacial score (nSPS) is 19.7. The molecule has 0 aromatic heterocycles. The van der Waals surface area contributed by atoms with Gasteiger partial charge in [0.2, 0.25) is 5.91 Å². The second kappa shape index (κ2) is 6.35. The quantitative estimate of drug-likeness (QED) is 0.837. The number of amides is 4. The maximum absolute atomic E-state index is 13.6. The number of anilines is 1. The van der Waals surface area contributed by atoms with Crippen molar-refractivity contribution in [2.45, 2.75) is 12.5 Å². The summed E-state index contributed by atoms with van der Waals surface area (Å²) in [5.74, 6) is -1.79. The summed E-state index contributed by atoms with van der Waals surface area (Å²) in [5.41, 5.74) is -0.632. The number of nitrogens with zero attached hydrogens (tertiary/aromatic N) is 1. The van der Waals surface area contributed by atoms with Crippen LogP contribution in [0.15, 0.2) is 54.6 Å². The topological polar surface area (TPSA) is 78.5 Å². The van der Waals surface area contributed by atoms with Crippen LogP contribution in [0.25, 0.3) is 0 Å². The maximum atomic E-state index is 13.6. The van der Waals surface area contributed by atoms with Gasteiger partial charge in [0.05, 0.1) is 5.69 Å². The molecule has 128 valence electrons. The summed E-state index contributed by atoms with van der Waals surface area (Å²) in [6.45, 7) is 1.08. The summed E-state index contributed by atoms with van der Waals surface area (Å²) in [6, 6.07) is 13.8. The lowest BCUT2D eigenvalue weighted by atomic mass is 9.92. The molecular formula is C18H16FN3O3. The smallest absolute Gasteiger partial charge is 0.322 e. The maximum Gasteiger partial charge on any atom is 0.325 e. The summed E-state index contributed by atoms with van der Waals surface area (Å²) < 4.78 is 13.6. The van der Waals surface area contributed by atoms with Crippen molar-refractivity contribution in [3.8, 4) is 0 Å². The van der Waals surface area contributed by atoms with Crippen LogP contribution in [0.3, 0.4) is 0 Å². The zero-order valence-electron chi connectivity index (χ0n) is 13.5. The molecule has 7 heteroatoms. The number of rotatable bonds is 4. The summed E-state index contributed by atoms with van der Waals surface area (Å²) in [4.78, 5) is 37.8. The minimum atomic E-state index is -1.24. The van der Waals surface area contributed by atoms with E-state index in [9.17, 15) is 18.8 Å². The van der Waals surface area contributed by atoms with Gasteiger partial charge in [-0.05, 0) is 24.6 Å². The molecule has 0 spiro atoms. The highest BCUT2D eigenvalue weighted by Crippen LogP contribution is 2.28. The van der Waals surface area contributed by atoms with Gasteiger partial charge in [0, 0.05) is 0 Å². The number of carbonyl (C=O) groups excluding carboxylic acids is 3. The molecule has 1 fully saturated rings. The Bertz CT molecular complexity index is 840. The molecule has 2 aromatic carbocycles. The third kappa shape index (κ3) is 3.08. The van der Waals surface area contributed by atoms with E-state index in [0.29, 0.717) is 5.56 Å². The third-order valence-corrected chi connectivity index (χ3v) is 4.08. The van der Waals surface area contributed by atoms with E-state index in [1.165, 1.54) is 18.2 Å². The summed E-state index contributed by atoms with van der Waals surface area (Å²) >= 11 is 0. The van der Waals surface area contributed by atoms with Crippen LogP contribution in [0.1, 0.15) is 12.5 Å². The van der Waals surface area contributed by atoms with E-state index in [2.05, 4.69) is 10.6 Å². The van der Waals surface area contributed by atoms with E-state index in [0.717, 1.165) is 4.90 Å². The predicted octanol–water partition coefficient (Wildman–Crippen LogP) is 2.23. The zero-order chi connectivity index (χ0) is 18.0. The van der Waals surface area contributed by atoms with Gasteiger partial charge in [-0.1, -0.05) is 42.5 Å². The highest BCUT2D eigenvalue weighted by molar-refractivity contribution is 6.10. The average Bonchev–Trinajstić information content (AvgIpc) is 2.82. The van der Waals surface area contributed by atoms with Crippen molar-refractivity contribution in [2.24, 2.45) is 0 Å². The van der Waals surface area contributed by atoms with Crippen molar-refractivity contribution in [2.75, 3.05) is 11.9 Å². The van der Waals surface area contributed by atoms with E-state index in [1.807, 2.05) is 0 Å². The molecule has 3 rings (SSSR count). The number of imide groups is 1. The van der Waals surface area contributed by atoms with E-state index in [1.54, 1.807) is 43.3 Å². The monoisotopic (exact) mass is 341 g/mol. The molecule has 2 N–H and O–H groups in total. The molecule has 1 saturated heterocycles. The number of halogens is 1. The van der Waals surface area contributed by atoms with Crippen molar-refractivity contribution in [3.63, 3.8) is 0 Å². The Labute approximate surface area is 143 Å². The van der Waals surface area contributed by atoms with Gasteiger partial charge in [-0.2, -0.15) is 0 Å². The van der Waals surface area contributed by atoms with Crippen molar-refractivity contribution in [3.05, 3.63) is 66.0 Å². The van der Waals surface area contributed by atoms with Crippen LogP contribution in [0, 0.1) is 5.82 Å². The fourth-order valence-electron chi connectivity index (χ4n) is 2.70. The van der Waals surface area contributed by atoms with E-state index < -0.39 is 35.7 Å². The Morgan fingerprint density at radius 1 is 1.12 bits per heavy atom. The summed E-state index contributed by atoms with van der Waals surface area (Å²) in [7, 11) is 0.